The van der Waals surface area contributed by atoms with Gasteiger partial charge in [-0.1, -0.05) is 35.3 Å². The van der Waals surface area contributed by atoms with Gasteiger partial charge in [0.05, 0.1) is 6.10 Å². The molecule has 16 heavy (non-hydrogen) atoms. The molecule has 0 amide bonds. The number of hydrogen-bond acceptors (Lipinski definition) is 2. The zero-order valence-corrected chi connectivity index (χ0v) is 11.8. The van der Waals surface area contributed by atoms with Crippen LogP contribution in [-0.2, 0) is 0 Å². The van der Waals surface area contributed by atoms with Crippen molar-refractivity contribution in [1.29, 1.82) is 0 Å². The molecule has 90 valence electrons. The Morgan fingerprint density at radius 1 is 1.38 bits per heavy atom. The van der Waals surface area contributed by atoms with Crippen molar-refractivity contribution in [3.63, 3.8) is 0 Å². The summed E-state index contributed by atoms with van der Waals surface area (Å²) >= 11 is 3.52. The van der Waals surface area contributed by atoms with Crippen LogP contribution in [0.25, 0.3) is 0 Å². The summed E-state index contributed by atoms with van der Waals surface area (Å²) in [7, 11) is 0. The second-order valence-corrected chi connectivity index (χ2v) is 5.04. The molecule has 2 nitrogen and oxygen atoms in total. The minimum atomic E-state index is 0.0384. The molecule has 0 bridgehead atoms. The van der Waals surface area contributed by atoms with Crippen LogP contribution in [0.1, 0.15) is 45.2 Å². The van der Waals surface area contributed by atoms with Gasteiger partial charge in [-0.2, -0.15) is 0 Å². The first kappa shape index (κ1) is 13.5. The SMILES string of the molecule is CCCC(C)Oc1ccc(C(C)N)c(Br)c1. The van der Waals surface area contributed by atoms with Crippen LogP contribution in [0.5, 0.6) is 5.75 Å². The third-order valence-electron chi connectivity index (χ3n) is 2.49. The lowest BCUT2D eigenvalue weighted by Crippen LogP contribution is -2.11. The molecule has 0 saturated heterocycles. The van der Waals surface area contributed by atoms with Gasteiger partial charge in [0, 0.05) is 10.5 Å². The van der Waals surface area contributed by atoms with Crippen molar-refractivity contribution in [1.82, 2.24) is 0 Å². The second-order valence-electron chi connectivity index (χ2n) is 4.19. The van der Waals surface area contributed by atoms with Crippen LogP contribution in [0.15, 0.2) is 22.7 Å². The van der Waals surface area contributed by atoms with Crippen molar-refractivity contribution in [3.8, 4) is 5.75 Å². The Balaban J connectivity index is 2.73. The Kier molecular flexibility index (Phi) is 5.29. The first-order valence-corrected chi connectivity index (χ1v) is 6.55. The van der Waals surface area contributed by atoms with Crippen molar-refractivity contribution in [2.45, 2.75) is 45.8 Å². The van der Waals surface area contributed by atoms with E-state index in [0.717, 1.165) is 28.6 Å². The topological polar surface area (TPSA) is 35.2 Å². The van der Waals surface area contributed by atoms with Gasteiger partial charge in [0.2, 0.25) is 0 Å². The predicted octanol–water partition coefficient (Wildman–Crippen LogP) is 4.04. The van der Waals surface area contributed by atoms with Crippen LogP contribution < -0.4 is 10.5 Å². The average Bonchev–Trinajstić information content (AvgIpc) is 2.17. The molecule has 0 heterocycles. The lowest BCUT2D eigenvalue weighted by atomic mass is 10.1. The Morgan fingerprint density at radius 3 is 2.56 bits per heavy atom. The third kappa shape index (κ3) is 3.80. The van der Waals surface area contributed by atoms with Gasteiger partial charge in [-0.05, 0) is 38.0 Å². The standard InChI is InChI=1S/C13H20BrNO/c1-4-5-9(2)16-11-6-7-12(10(3)15)13(14)8-11/h6-10H,4-5,15H2,1-3H3. The van der Waals surface area contributed by atoms with Crippen molar-refractivity contribution >= 4 is 15.9 Å². The first-order valence-electron chi connectivity index (χ1n) is 5.76. The summed E-state index contributed by atoms with van der Waals surface area (Å²) in [5, 5.41) is 0. The van der Waals surface area contributed by atoms with Gasteiger partial charge in [-0.3, -0.25) is 0 Å². The molecule has 0 aliphatic carbocycles. The molecule has 0 aliphatic rings. The van der Waals surface area contributed by atoms with E-state index in [9.17, 15) is 0 Å². The molecule has 3 heteroatoms. The number of halogens is 1. The molecule has 0 aliphatic heterocycles. The largest absolute Gasteiger partial charge is 0.491 e. The molecule has 2 atom stereocenters. The van der Waals surface area contributed by atoms with Crippen LogP contribution in [0.2, 0.25) is 0 Å². The fourth-order valence-corrected chi connectivity index (χ4v) is 2.37. The Bertz CT molecular complexity index is 339. The van der Waals surface area contributed by atoms with E-state index in [4.69, 9.17) is 10.5 Å². The van der Waals surface area contributed by atoms with E-state index in [-0.39, 0.29) is 12.1 Å². The quantitative estimate of drug-likeness (QED) is 0.886. The van der Waals surface area contributed by atoms with Gasteiger partial charge < -0.3 is 10.5 Å². The molecule has 0 radical (unpaired) electrons. The monoisotopic (exact) mass is 285 g/mol. The van der Waals surface area contributed by atoms with Crippen LogP contribution in [0.4, 0.5) is 0 Å². The zero-order chi connectivity index (χ0) is 12.1. The number of nitrogens with two attached hydrogens (primary N) is 1. The molecule has 0 spiro atoms. The van der Waals surface area contributed by atoms with Crippen LogP contribution in [0.3, 0.4) is 0 Å². The van der Waals surface area contributed by atoms with Crippen LogP contribution in [0, 0.1) is 0 Å². The van der Waals surface area contributed by atoms with Crippen molar-refractivity contribution in [3.05, 3.63) is 28.2 Å². The molecule has 0 saturated carbocycles. The fourth-order valence-electron chi connectivity index (χ4n) is 1.65. The Morgan fingerprint density at radius 2 is 2.06 bits per heavy atom. The van der Waals surface area contributed by atoms with Gasteiger partial charge in [0.1, 0.15) is 5.75 Å². The van der Waals surface area contributed by atoms with E-state index < -0.39 is 0 Å². The van der Waals surface area contributed by atoms with Crippen LogP contribution >= 0.6 is 15.9 Å². The normalized spacial score (nSPS) is 14.6. The Hall–Kier alpha value is -0.540. The zero-order valence-electron chi connectivity index (χ0n) is 10.2. The van der Waals surface area contributed by atoms with E-state index in [2.05, 4.69) is 29.8 Å². The summed E-state index contributed by atoms with van der Waals surface area (Å²) in [4.78, 5) is 0. The average molecular weight is 286 g/mol. The Labute approximate surface area is 106 Å². The first-order chi connectivity index (χ1) is 7.54. The minimum Gasteiger partial charge on any atom is -0.491 e. The minimum absolute atomic E-state index is 0.0384. The maximum atomic E-state index is 5.84. The summed E-state index contributed by atoms with van der Waals surface area (Å²) in [6, 6.07) is 6.03. The predicted molar refractivity (Wildman–Crippen MR) is 71.7 cm³/mol. The smallest absolute Gasteiger partial charge is 0.120 e. The van der Waals surface area contributed by atoms with Gasteiger partial charge in [-0.15, -0.1) is 0 Å². The number of hydrogen-bond donors (Lipinski definition) is 1. The molecule has 2 N–H and O–H groups in total. The molecule has 0 fully saturated rings. The van der Waals surface area contributed by atoms with Crippen molar-refractivity contribution in [2.75, 3.05) is 0 Å². The van der Waals surface area contributed by atoms with E-state index in [0.29, 0.717) is 0 Å². The summed E-state index contributed by atoms with van der Waals surface area (Å²) < 4.78 is 6.82. The van der Waals surface area contributed by atoms with E-state index in [1.807, 2.05) is 25.1 Å². The summed E-state index contributed by atoms with van der Waals surface area (Å²) in [6.07, 6.45) is 2.48. The molecule has 1 rings (SSSR count). The summed E-state index contributed by atoms with van der Waals surface area (Å²) in [5.41, 5.74) is 6.95. The second kappa shape index (κ2) is 6.26. The van der Waals surface area contributed by atoms with E-state index in [1.54, 1.807) is 0 Å². The van der Waals surface area contributed by atoms with E-state index in [1.165, 1.54) is 0 Å². The highest BCUT2D eigenvalue weighted by atomic mass is 79.9. The lowest BCUT2D eigenvalue weighted by molar-refractivity contribution is 0.210. The maximum Gasteiger partial charge on any atom is 0.120 e. The van der Waals surface area contributed by atoms with Crippen molar-refractivity contribution in [2.24, 2.45) is 5.73 Å². The molecular formula is C13H20BrNO. The van der Waals surface area contributed by atoms with Gasteiger partial charge >= 0.3 is 0 Å². The lowest BCUT2D eigenvalue weighted by Gasteiger charge is -2.15. The van der Waals surface area contributed by atoms with Gasteiger partial charge in [0.15, 0.2) is 0 Å². The highest BCUT2D eigenvalue weighted by Gasteiger charge is 2.08. The third-order valence-corrected chi connectivity index (χ3v) is 3.18. The highest BCUT2D eigenvalue weighted by molar-refractivity contribution is 9.10. The van der Waals surface area contributed by atoms with E-state index >= 15 is 0 Å². The molecule has 1 aromatic carbocycles. The summed E-state index contributed by atoms with van der Waals surface area (Å²) in [6.45, 7) is 6.23. The van der Waals surface area contributed by atoms with Crippen molar-refractivity contribution < 1.29 is 4.74 Å². The number of ether oxygens (including phenoxy) is 1. The molecular weight excluding hydrogens is 266 g/mol. The van der Waals surface area contributed by atoms with Gasteiger partial charge in [-0.25, -0.2) is 0 Å². The molecule has 1 aromatic rings. The summed E-state index contributed by atoms with van der Waals surface area (Å²) in [5.74, 6) is 0.900. The number of benzene rings is 1. The fraction of sp³-hybridized carbons (Fsp3) is 0.538. The van der Waals surface area contributed by atoms with Crippen LogP contribution in [-0.4, -0.2) is 6.10 Å². The highest BCUT2D eigenvalue weighted by Crippen LogP contribution is 2.27. The number of rotatable bonds is 5. The molecule has 0 aromatic heterocycles. The maximum absolute atomic E-state index is 5.84. The van der Waals surface area contributed by atoms with Gasteiger partial charge in [0.25, 0.3) is 0 Å². The molecule has 2 unspecified atom stereocenters.